The van der Waals surface area contributed by atoms with Crippen molar-refractivity contribution in [2.75, 3.05) is 0 Å². The highest BCUT2D eigenvalue weighted by atomic mass is 16.1. The number of allylic oxidation sites excluding steroid dienone is 2. The molecule has 1 nitrogen and oxygen atoms in total. The summed E-state index contributed by atoms with van der Waals surface area (Å²) in [6.07, 6.45) is 12.8. The van der Waals surface area contributed by atoms with Crippen molar-refractivity contribution in [2.24, 2.45) is 0 Å². The molecule has 0 amide bonds. The van der Waals surface area contributed by atoms with Crippen LogP contribution in [0.4, 0.5) is 0 Å². The fourth-order valence-corrected chi connectivity index (χ4v) is 1.28. The van der Waals surface area contributed by atoms with E-state index in [9.17, 15) is 4.79 Å². The van der Waals surface area contributed by atoms with Gasteiger partial charge in [-0.15, -0.1) is 0 Å². The molecule has 13 heavy (non-hydrogen) atoms. The van der Waals surface area contributed by atoms with Gasteiger partial charge in [0.05, 0.1) is 0 Å². The van der Waals surface area contributed by atoms with Crippen molar-refractivity contribution in [1.29, 1.82) is 0 Å². The van der Waals surface area contributed by atoms with E-state index in [0.29, 0.717) is 0 Å². The molecule has 0 saturated carbocycles. The van der Waals surface area contributed by atoms with Crippen LogP contribution in [-0.4, -0.2) is 6.29 Å². The van der Waals surface area contributed by atoms with E-state index in [1.165, 1.54) is 38.5 Å². The molecular weight excluding hydrogens is 160 g/mol. The summed E-state index contributed by atoms with van der Waals surface area (Å²) >= 11 is 0. The minimum atomic E-state index is 0.744. The molecule has 75 valence electrons. The third kappa shape index (κ3) is 9.32. The highest BCUT2D eigenvalue weighted by molar-refractivity contribution is 5.72. The zero-order chi connectivity index (χ0) is 9.94. The molecule has 0 bridgehead atoms. The van der Waals surface area contributed by atoms with Crippen LogP contribution in [0.1, 0.15) is 58.8 Å². The summed E-state index contributed by atoms with van der Waals surface area (Å²) in [6.45, 7) is 4.04. The van der Waals surface area contributed by atoms with Crippen molar-refractivity contribution in [3.8, 4) is 0 Å². The Balaban J connectivity index is 3.12. The Labute approximate surface area is 82.2 Å². The average molecular weight is 181 g/mol. The van der Waals surface area contributed by atoms with Gasteiger partial charge in [-0.3, -0.25) is 4.79 Å². The van der Waals surface area contributed by atoms with E-state index in [-0.39, 0.29) is 0 Å². The third-order valence-electron chi connectivity index (χ3n) is 2.17. The van der Waals surface area contributed by atoms with E-state index in [4.69, 9.17) is 0 Å². The molecule has 1 radical (unpaired) electrons. The second kappa shape index (κ2) is 9.50. The van der Waals surface area contributed by atoms with Crippen LogP contribution in [0.25, 0.3) is 0 Å². The van der Waals surface area contributed by atoms with Crippen LogP contribution in [0.5, 0.6) is 0 Å². The van der Waals surface area contributed by atoms with Gasteiger partial charge in [-0.2, -0.15) is 0 Å². The third-order valence-corrected chi connectivity index (χ3v) is 2.17. The molecule has 0 aromatic rings. The van der Waals surface area contributed by atoms with Crippen molar-refractivity contribution in [3.63, 3.8) is 0 Å². The lowest BCUT2D eigenvalue weighted by molar-refractivity contribution is 0.561. The molecule has 0 aliphatic heterocycles. The fraction of sp³-hybridized carbons (Fsp3) is 0.750. The second-order valence-electron chi connectivity index (χ2n) is 3.55. The predicted octanol–water partition coefficient (Wildman–Crippen LogP) is 3.79. The van der Waals surface area contributed by atoms with Crippen LogP contribution < -0.4 is 0 Å². The SMILES string of the molecule is CCCCCCCCC=C(C)[C]=O. The van der Waals surface area contributed by atoms with Gasteiger partial charge in [0.25, 0.3) is 0 Å². The zero-order valence-electron chi connectivity index (χ0n) is 8.94. The largest absolute Gasteiger partial charge is 0.285 e. The molecule has 0 spiro atoms. The summed E-state index contributed by atoms with van der Waals surface area (Å²) in [7, 11) is 0. The maximum Gasteiger partial charge on any atom is 0.228 e. The molecular formula is C12H21O. The Morgan fingerprint density at radius 3 is 2.38 bits per heavy atom. The molecule has 0 aromatic carbocycles. The standard InChI is InChI=1S/C12H21O/c1-3-4-5-6-7-8-9-10-12(2)11-13/h10H,3-9H2,1-2H3. The van der Waals surface area contributed by atoms with Gasteiger partial charge in [0, 0.05) is 0 Å². The minimum Gasteiger partial charge on any atom is -0.285 e. The molecule has 0 rings (SSSR count). The second-order valence-corrected chi connectivity index (χ2v) is 3.55. The summed E-state index contributed by atoms with van der Waals surface area (Å²) in [5.41, 5.74) is 0.744. The van der Waals surface area contributed by atoms with Crippen molar-refractivity contribution < 1.29 is 4.79 Å². The van der Waals surface area contributed by atoms with E-state index in [0.717, 1.165) is 12.0 Å². The van der Waals surface area contributed by atoms with Gasteiger partial charge in [0.2, 0.25) is 6.29 Å². The molecule has 0 aromatic heterocycles. The lowest BCUT2D eigenvalue weighted by Crippen LogP contribution is -1.80. The lowest BCUT2D eigenvalue weighted by atomic mass is 10.1. The highest BCUT2D eigenvalue weighted by Gasteiger charge is 1.89. The van der Waals surface area contributed by atoms with Gasteiger partial charge >= 0.3 is 0 Å². The van der Waals surface area contributed by atoms with E-state index < -0.39 is 0 Å². The quantitative estimate of drug-likeness (QED) is 0.411. The normalized spacial score (nSPS) is 11.7. The Morgan fingerprint density at radius 2 is 1.77 bits per heavy atom. The van der Waals surface area contributed by atoms with E-state index in [1.807, 2.05) is 19.3 Å². The van der Waals surface area contributed by atoms with Crippen molar-refractivity contribution in [2.45, 2.75) is 58.8 Å². The fourth-order valence-electron chi connectivity index (χ4n) is 1.28. The molecule has 0 atom stereocenters. The Bertz CT molecular complexity index is 147. The van der Waals surface area contributed by atoms with Gasteiger partial charge in [-0.05, 0) is 25.3 Å². The highest BCUT2D eigenvalue weighted by Crippen LogP contribution is 2.07. The van der Waals surface area contributed by atoms with Gasteiger partial charge in [-0.25, -0.2) is 0 Å². The average Bonchev–Trinajstić information content (AvgIpc) is 2.16. The van der Waals surface area contributed by atoms with E-state index >= 15 is 0 Å². The first-order chi connectivity index (χ1) is 6.31. The summed E-state index contributed by atoms with van der Waals surface area (Å²) in [6, 6.07) is 0. The molecule has 0 unspecified atom stereocenters. The van der Waals surface area contributed by atoms with Crippen molar-refractivity contribution in [3.05, 3.63) is 11.6 Å². The maximum atomic E-state index is 10.1. The number of unbranched alkanes of at least 4 members (excludes halogenated alkanes) is 6. The first-order valence-electron chi connectivity index (χ1n) is 5.36. The number of hydrogen-bond donors (Lipinski definition) is 0. The Kier molecular flexibility index (Phi) is 9.07. The summed E-state index contributed by atoms with van der Waals surface area (Å²) in [5.74, 6) is 0. The van der Waals surface area contributed by atoms with Crippen LogP contribution in [0.2, 0.25) is 0 Å². The van der Waals surface area contributed by atoms with E-state index in [1.54, 1.807) is 0 Å². The Morgan fingerprint density at radius 1 is 1.15 bits per heavy atom. The van der Waals surface area contributed by atoms with Gasteiger partial charge < -0.3 is 0 Å². The Hall–Kier alpha value is -0.590. The molecule has 0 aliphatic rings. The minimum absolute atomic E-state index is 0.744. The molecule has 0 heterocycles. The molecule has 0 saturated heterocycles. The molecule has 1 heteroatoms. The van der Waals surface area contributed by atoms with Gasteiger partial charge in [-0.1, -0.05) is 45.1 Å². The zero-order valence-corrected chi connectivity index (χ0v) is 8.94. The van der Waals surface area contributed by atoms with Crippen LogP contribution >= 0.6 is 0 Å². The number of rotatable bonds is 8. The first-order valence-corrected chi connectivity index (χ1v) is 5.36. The monoisotopic (exact) mass is 181 g/mol. The van der Waals surface area contributed by atoms with Crippen molar-refractivity contribution >= 4 is 6.29 Å². The van der Waals surface area contributed by atoms with Crippen LogP contribution in [-0.2, 0) is 4.79 Å². The van der Waals surface area contributed by atoms with Gasteiger partial charge in [0.1, 0.15) is 0 Å². The van der Waals surface area contributed by atoms with Crippen LogP contribution in [0.3, 0.4) is 0 Å². The summed E-state index contributed by atoms with van der Waals surface area (Å²) in [5, 5.41) is 0. The predicted molar refractivity (Wildman–Crippen MR) is 57.4 cm³/mol. The van der Waals surface area contributed by atoms with Crippen molar-refractivity contribution in [1.82, 2.24) is 0 Å². The molecule has 0 N–H and O–H groups in total. The molecule has 0 fully saturated rings. The summed E-state index contributed by atoms with van der Waals surface area (Å²) < 4.78 is 0. The maximum absolute atomic E-state index is 10.1. The number of hydrogen-bond acceptors (Lipinski definition) is 1. The first kappa shape index (κ1) is 12.4. The lowest BCUT2D eigenvalue weighted by Gasteiger charge is -1.97. The molecule has 0 aliphatic carbocycles. The number of carbonyl (C=O) groups excluding carboxylic acids is 1. The topological polar surface area (TPSA) is 17.1 Å². The van der Waals surface area contributed by atoms with Gasteiger partial charge in [0.15, 0.2) is 0 Å². The summed E-state index contributed by atoms with van der Waals surface area (Å²) in [4.78, 5) is 10.1. The van der Waals surface area contributed by atoms with Crippen LogP contribution in [0.15, 0.2) is 11.6 Å². The van der Waals surface area contributed by atoms with E-state index in [2.05, 4.69) is 6.92 Å². The smallest absolute Gasteiger partial charge is 0.228 e. The van der Waals surface area contributed by atoms with Crippen LogP contribution in [0, 0.1) is 0 Å².